The molecular formula is C24H23NO4. The van der Waals surface area contributed by atoms with Crippen molar-refractivity contribution in [2.24, 2.45) is 0 Å². The Hall–Kier alpha value is -3.34. The van der Waals surface area contributed by atoms with Gasteiger partial charge in [-0.15, -0.1) is 0 Å². The van der Waals surface area contributed by atoms with E-state index in [0.29, 0.717) is 30.9 Å². The minimum absolute atomic E-state index is 0.197. The van der Waals surface area contributed by atoms with Crippen LogP contribution in [-0.2, 0) is 16.1 Å². The van der Waals surface area contributed by atoms with Crippen LogP contribution in [0.25, 0.3) is 10.8 Å². The number of benzene rings is 3. The van der Waals surface area contributed by atoms with Crippen LogP contribution >= 0.6 is 0 Å². The molecule has 0 spiro atoms. The van der Waals surface area contributed by atoms with Gasteiger partial charge < -0.3 is 14.4 Å². The minimum atomic E-state index is -0.548. The lowest BCUT2D eigenvalue weighted by molar-refractivity contribution is -0.145. The molecule has 29 heavy (non-hydrogen) atoms. The monoisotopic (exact) mass is 389 g/mol. The summed E-state index contributed by atoms with van der Waals surface area (Å²) in [6.07, 6.45) is 1.39. The van der Waals surface area contributed by atoms with Crippen molar-refractivity contribution in [3.63, 3.8) is 0 Å². The Morgan fingerprint density at radius 1 is 1.00 bits per heavy atom. The molecule has 1 heterocycles. The summed E-state index contributed by atoms with van der Waals surface area (Å²) in [5.41, 5.74) is 1.52. The van der Waals surface area contributed by atoms with Gasteiger partial charge in [-0.1, -0.05) is 60.7 Å². The third-order valence-corrected chi connectivity index (χ3v) is 5.33. The molecule has 1 atom stereocenters. The Labute approximate surface area is 169 Å². The molecule has 5 nitrogen and oxygen atoms in total. The van der Waals surface area contributed by atoms with Gasteiger partial charge in [0.15, 0.2) is 0 Å². The third-order valence-electron chi connectivity index (χ3n) is 5.33. The van der Waals surface area contributed by atoms with E-state index < -0.39 is 6.04 Å². The lowest BCUT2D eigenvalue weighted by Crippen LogP contribution is -2.41. The smallest absolute Gasteiger partial charge is 0.328 e. The zero-order valence-electron chi connectivity index (χ0n) is 16.3. The van der Waals surface area contributed by atoms with E-state index in [4.69, 9.17) is 9.47 Å². The van der Waals surface area contributed by atoms with Crippen molar-refractivity contribution >= 4 is 22.6 Å². The molecule has 0 bridgehead atoms. The molecule has 0 N–H and O–H groups in total. The van der Waals surface area contributed by atoms with Gasteiger partial charge >= 0.3 is 5.97 Å². The lowest BCUT2D eigenvalue weighted by Gasteiger charge is -2.24. The fourth-order valence-corrected chi connectivity index (χ4v) is 3.86. The number of methoxy groups -OCH3 is 1. The number of nitrogens with zero attached hydrogens (tertiary/aromatic N) is 1. The molecule has 0 saturated carbocycles. The van der Waals surface area contributed by atoms with Gasteiger partial charge in [-0.25, -0.2) is 4.79 Å². The first kappa shape index (κ1) is 19.0. The Bertz CT molecular complexity index is 1030. The molecule has 3 aromatic carbocycles. The summed E-state index contributed by atoms with van der Waals surface area (Å²) in [5, 5.41) is 1.77. The quantitative estimate of drug-likeness (QED) is 0.614. The molecule has 4 rings (SSSR count). The number of amides is 1. The number of rotatable bonds is 5. The summed E-state index contributed by atoms with van der Waals surface area (Å²) in [6.45, 7) is 0.889. The van der Waals surface area contributed by atoms with E-state index in [1.807, 2.05) is 66.7 Å². The molecule has 1 amide bonds. The van der Waals surface area contributed by atoms with E-state index in [1.165, 1.54) is 7.11 Å². The number of hydrogen-bond donors (Lipinski definition) is 0. The maximum Gasteiger partial charge on any atom is 0.328 e. The van der Waals surface area contributed by atoms with Crippen LogP contribution in [0, 0.1) is 0 Å². The zero-order chi connectivity index (χ0) is 20.2. The van der Waals surface area contributed by atoms with Crippen LogP contribution in [0.3, 0.4) is 0 Å². The van der Waals surface area contributed by atoms with E-state index >= 15 is 0 Å². The highest BCUT2D eigenvalue weighted by atomic mass is 16.5. The standard InChI is InChI=1S/C24H23NO4/c1-28-24(27)20-12-7-15-25(20)23(26)22-19-11-6-5-10-18(19)13-14-21(22)29-16-17-8-3-2-4-9-17/h2-6,8-11,13-14,20H,7,12,15-16H2,1H3/t20-/m0/s1. The molecule has 0 radical (unpaired) electrons. The van der Waals surface area contributed by atoms with Crippen LogP contribution in [-0.4, -0.2) is 36.5 Å². The SMILES string of the molecule is COC(=O)[C@@H]1CCCN1C(=O)c1c(OCc2ccccc2)ccc2ccccc12. The van der Waals surface area contributed by atoms with Gasteiger partial charge in [0.2, 0.25) is 0 Å². The predicted molar refractivity (Wildman–Crippen MR) is 111 cm³/mol. The Balaban J connectivity index is 1.72. The largest absolute Gasteiger partial charge is 0.488 e. The first-order valence-corrected chi connectivity index (χ1v) is 9.76. The second kappa shape index (κ2) is 8.35. The van der Waals surface area contributed by atoms with Crippen molar-refractivity contribution in [2.75, 3.05) is 13.7 Å². The van der Waals surface area contributed by atoms with Gasteiger partial charge in [-0.3, -0.25) is 4.79 Å². The van der Waals surface area contributed by atoms with E-state index in [0.717, 1.165) is 22.8 Å². The van der Waals surface area contributed by atoms with Crippen molar-refractivity contribution in [2.45, 2.75) is 25.5 Å². The highest BCUT2D eigenvalue weighted by Crippen LogP contribution is 2.32. The summed E-state index contributed by atoms with van der Waals surface area (Å²) in [7, 11) is 1.36. The van der Waals surface area contributed by atoms with Crippen molar-refractivity contribution < 1.29 is 19.1 Å². The Morgan fingerprint density at radius 2 is 1.76 bits per heavy atom. The van der Waals surface area contributed by atoms with Crippen molar-refractivity contribution in [3.05, 3.63) is 77.9 Å². The van der Waals surface area contributed by atoms with E-state index in [1.54, 1.807) is 4.90 Å². The topological polar surface area (TPSA) is 55.8 Å². The van der Waals surface area contributed by atoms with E-state index in [9.17, 15) is 9.59 Å². The summed E-state index contributed by atoms with van der Waals surface area (Å²) < 4.78 is 11.0. The molecule has 5 heteroatoms. The summed E-state index contributed by atoms with van der Waals surface area (Å²) in [5.74, 6) is -0.0475. The molecule has 0 aromatic heterocycles. The number of ether oxygens (including phenoxy) is 2. The fourth-order valence-electron chi connectivity index (χ4n) is 3.86. The van der Waals surface area contributed by atoms with Gasteiger partial charge in [0.05, 0.1) is 12.7 Å². The van der Waals surface area contributed by atoms with Crippen LogP contribution in [0.15, 0.2) is 66.7 Å². The first-order chi connectivity index (χ1) is 14.2. The average Bonchev–Trinajstić information content (AvgIpc) is 3.27. The summed E-state index contributed by atoms with van der Waals surface area (Å²) in [4.78, 5) is 27.3. The minimum Gasteiger partial charge on any atom is -0.488 e. The molecule has 1 aliphatic heterocycles. The molecule has 0 aliphatic carbocycles. The van der Waals surface area contributed by atoms with Gasteiger partial charge in [0.1, 0.15) is 18.4 Å². The second-order valence-corrected chi connectivity index (χ2v) is 7.11. The molecular weight excluding hydrogens is 366 g/mol. The lowest BCUT2D eigenvalue weighted by atomic mass is 10.0. The summed E-state index contributed by atoms with van der Waals surface area (Å²) in [6, 6.07) is 20.8. The zero-order valence-corrected chi connectivity index (χ0v) is 16.3. The van der Waals surface area contributed by atoms with E-state index in [-0.39, 0.29) is 11.9 Å². The summed E-state index contributed by atoms with van der Waals surface area (Å²) >= 11 is 0. The number of carbonyl (C=O) groups is 2. The number of hydrogen-bond acceptors (Lipinski definition) is 4. The highest BCUT2D eigenvalue weighted by molar-refractivity contribution is 6.10. The van der Waals surface area contributed by atoms with Crippen LogP contribution in [0.2, 0.25) is 0 Å². The average molecular weight is 389 g/mol. The highest BCUT2D eigenvalue weighted by Gasteiger charge is 2.36. The maximum absolute atomic E-state index is 13.6. The van der Waals surface area contributed by atoms with Crippen molar-refractivity contribution in [1.29, 1.82) is 0 Å². The maximum atomic E-state index is 13.6. The van der Waals surface area contributed by atoms with Crippen LogP contribution < -0.4 is 4.74 Å². The number of carbonyl (C=O) groups excluding carboxylic acids is 2. The fraction of sp³-hybridized carbons (Fsp3) is 0.250. The predicted octanol–water partition coefficient (Wildman–Crippen LogP) is 4.20. The third kappa shape index (κ3) is 3.81. The Morgan fingerprint density at radius 3 is 2.55 bits per heavy atom. The van der Waals surface area contributed by atoms with Gasteiger partial charge in [0, 0.05) is 6.54 Å². The van der Waals surface area contributed by atoms with Gasteiger partial charge in [-0.2, -0.15) is 0 Å². The van der Waals surface area contributed by atoms with Crippen LogP contribution in [0.1, 0.15) is 28.8 Å². The second-order valence-electron chi connectivity index (χ2n) is 7.11. The molecule has 1 fully saturated rings. The first-order valence-electron chi connectivity index (χ1n) is 9.76. The van der Waals surface area contributed by atoms with Crippen LogP contribution in [0.4, 0.5) is 0 Å². The number of likely N-dealkylation sites (tertiary alicyclic amines) is 1. The Kier molecular flexibility index (Phi) is 5.47. The van der Waals surface area contributed by atoms with Gasteiger partial charge in [-0.05, 0) is 35.2 Å². The molecule has 1 saturated heterocycles. The normalized spacial score (nSPS) is 16.0. The number of esters is 1. The molecule has 3 aromatic rings. The van der Waals surface area contributed by atoms with Crippen LogP contribution in [0.5, 0.6) is 5.75 Å². The van der Waals surface area contributed by atoms with Crippen molar-refractivity contribution in [3.8, 4) is 5.75 Å². The molecule has 148 valence electrons. The molecule has 1 aliphatic rings. The molecule has 0 unspecified atom stereocenters. The number of fused-ring (bicyclic) bond motifs is 1. The van der Waals surface area contributed by atoms with E-state index in [2.05, 4.69) is 0 Å². The van der Waals surface area contributed by atoms with Crippen molar-refractivity contribution in [1.82, 2.24) is 4.90 Å². The van der Waals surface area contributed by atoms with Gasteiger partial charge in [0.25, 0.3) is 5.91 Å².